The quantitative estimate of drug-likeness (QED) is 0.477. The van der Waals surface area contributed by atoms with Crippen molar-refractivity contribution in [2.45, 2.75) is 32.2 Å². The Hall–Kier alpha value is -3.31. The van der Waals surface area contributed by atoms with Crippen LogP contribution in [0.3, 0.4) is 0 Å². The van der Waals surface area contributed by atoms with Crippen molar-refractivity contribution in [3.05, 3.63) is 100 Å². The van der Waals surface area contributed by atoms with Gasteiger partial charge in [0.05, 0.1) is 11.6 Å². The lowest BCUT2D eigenvalue weighted by molar-refractivity contribution is 0.0590. The molecule has 182 valence electrons. The molecule has 6 heteroatoms. The van der Waals surface area contributed by atoms with Gasteiger partial charge in [-0.3, -0.25) is 9.59 Å². The number of carbonyl (C=O) groups excluding carboxylic acids is 2. The van der Waals surface area contributed by atoms with Crippen LogP contribution in [-0.4, -0.2) is 54.4 Å². The van der Waals surface area contributed by atoms with E-state index in [9.17, 15) is 9.59 Å². The van der Waals surface area contributed by atoms with Crippen molar-refractivity contribution in [2.24, 2.45) is 0 Å². The minimum atomic E-state index is -0.206. The molecule has 3 aromatic rings. The Bertz CT molecular complexity index is 1160. The molecule has 0 aliphatic carbocycles. The van der Waals surface area contributed by atoms with E-state index in [4.69, 9.17) is 16.3 Å². The van der Waals surface area contributed by atoms with Crippen LogP contribution in [0.1, 0.15) is 44.7 Å². The van der Waals surface area contributed by atoms with Gasteiger partial charge in [0.15, 0.2) is 0 Å². The first-order valence-corrected chi connectivity index (χ1v) is 12.4. The summed E-state index contributed by atoms with van der Waals surface area (Å²) in [4.78, 5) is 30.4. The Labute approximate surface area is 212 Å². The summed E-state index contributed by atoms with van der Waals surface area (Å²) >= 11 is 6.22. The summed E-state index contributed by atoms with van der Waals surface area (Å²) in [6, 6.07) is 22.7. The molecule has 2 amide bonds. The fourth-order valence-corrected chi connectivity index (χ4v) is 4.55. The fourth-order valence-electron chi connectivity index (χ4n) is 4.38. The molecular weight excluding hydrogens is 460 g/mol. The summed E-state index contributed by atoms with van der Waals surface area (Å²) in [5.74, 6) is 0.357. The number of hydrogen-bond donors (Lipinski definition) is 0. The molecule has 0 N–H and O–H groups in total. The van der Waals surface area contributed by atoms with Gasteiger partial charge >= 0.3 is 0 Å². The van der Waals surface area contributed by atoms with E-state index >= 15 is 0 Å². The number of fused-ring (bicyclic) bond motifs is 1. The Morgan fingerprint density at radius 2 is 1.71 bits per heavy atom. The second kappa shape index (κ2) is 11.4. The van der Waals surface area contributed by atoms with Gasteiger partial charge in [-0.15, -0.1) is 0 Å². The number of hydrogen-bond acceptors (Lipinski definition) is 3. The molecule has 35 heavy (non-hydrogen) atoms. The molecule has 0 saturated heterocycles. The van der Waals surface area contributed by atoms with E-state index in [0.29, 0.717) is 41.4 Å². The molecule has 0 spiro atoms. The van der Waals surface area contributed by atoms with Crippen LogP contribution in [0.4, 0.5) is 0 Å². The van der Waals surface area contributed by atoms with Crippen molar-refractivity contribution in [1.29, 1.82) is 0 Å². The van der Waals surface area contributed by atoms with Gasteiger partial charge in [-0.2, -0.15) is 0 Å². The summed E-state index contributed by atoms with van der Waals surface area (Å²) in [5, 5.41) is 0.484. The predicted molar refractivity (Wildman–Crippen MR) is 139 cm³/mol. The first-order chi connectivity index (χ1) is 16.9. The maximum atomic E-state index is 13.7. The number of aryl methyl sites for hydroxylation is 1. The number of ether oxygens (including phenoxy) is 1. The normalized spacial score (nSPS) is 17.1. The zero-order chi connectivity index (χ0) is 24.8. The highest BCUT2D eigenvalue weighted by Crippen LogP contribution is 2.26. The Balaban J connectivity index is 1.70. The minimum Gasteiger partial charge on any atom is -0.491 e. The zero-order valence-corrected chi connectivity index (χ0v) is 21.0. The second-order valence-corrected chi connectivity index (χ2v) is 9.53. The second-order valence-electron chi connectivity index (χ2n) is 9.09. The van der Waals surface area contributed by atoms with Crippen LogP contribution >= 0.6 is 11.6 Å². The fraction of sp³-hybridized carbons (Fsp3) is 0.310. The van der Waals surface area contributed by atoms with Crippen LogP contribution in [0.25, 0.3) is 0 Å². The topological polar surface area (TPSA) is 49.9 Å². The molecule has 0 aromatic heterocycles. The number of benzene rings is 3. The van der Waals surface area contributed by atoms with Crippen LogP contribution in [-0.2, 0) is 6.42 Å². The standard InChI is InChI=1S/C29H31ClN2O3/c1-21-10-12-23(13-11-21)28(33)32-17-7-6-16-31(2)29(34)26-19-24(30)14-15-27(26)35-20-25(32)18-22-8-4-3-5-9-22/h3-5,8-15,19,25H,6-7,16-18,20H2,1-2H3/t25-/m0/s1. The van der Waals surface area contributed by atoms with Crippen LogP contribution in [0, 0.1) is 6.92 Å². The Morgan fingerprint density at radius 3 is 2.46 bits per heavy atom. The lowest BCUT2D eigenvalue weighted by atomic mass is 10.0. The molecule has 0 fully saturated rings. The molecule has 1 heterocycles. The molecule has 0 unspecified atom stereocenters. The maximum absolute atomic E-state index is 13.7. The van der Waals surface area contributed by atoms with E-state index < -0.39 is 0 Å². The highest BCUT2D eigenvalue weighted by Gasteiger charge is 2.27. The van der Waals surface area contributed by atoms with Gasteiger partial charge in [0.1, 0.15) is 12.4 Å². The maximum Gasteiger partial charge on any atom is 0.257 e. The molecule has 0 radical (unpaired) electrons. The summed E-state index contributed by atoms with van der Waals surface area (Å²) in [7, 11) is 1.78. The minimum absolute atomic E-state index is 0.00708. The monoisotopic (exact) mass is 490 g/mol. The predicted octanol–water partition coefficient (Wildman–Crippen LogP) is 5.65. The van der Waals surface area contributed by atoms with E-state index in [0.717, 1.165) is 24.0 Å². The molecule has 0 bridgehead atoms. The van der Waals surface area contributed by atoms with Crippen molar-refractivity contribution in [1.82, 2.24) is 9.80 Å². The first kappa shape index (κ1) is 24.8. The van der Waals surface area contributed by atoms with Crippen molar-refractivity contribution in [2.75, 3.05) is 26.7 Å². The van der Waals surface area contributed by atoms with Gasteiger partial charge in [0, 0.05) is 30.7 Å². The third-order valence-corrected chi connectivity index (χ3v) is 6.64. The lowest BCUT2D eigenvalue weighted by Gasteiger charge is -2.33. The smallest absolute Gasteiger partial charge is 0.257 e. The van der Waals surface area contributed by atoms with E-state index in [1.54, 1.807) is 30.1 Å². The first-order valence-electron chi connectivity index (χ1n) is 12.0. The number of halogens is 1. The molecule has 1 aliphatic heterocycles. The van der Waals surface area contributed by atoms with Crippen LogP contribution in [0.5, 0.6) is 5.75 Å². The summed E-state index contributed by atoms with van der Waals surface area (Å²) < 4.78 is 6.25. The van der Waals surface area contributed by atoms with Gasteiger partial charge in [-0.25, -0.2) is 0 Å². The van der Waals surface area contributed by atoms with Gasteiger partial charge < -0.3 is 14.5 Å². The molecular formula is C29H31ClN2O3. The van der Waals surface area contributed by atoms with Crippen molar-refractivity contribution in [3.8, 4) is 5.75 Å². The number of amides is 2. The van der Waals surface area contributed by atoms with E-state index in [1.165, 1.54) is 0 Å². The lowest BCUT2D eigenvalue weighted by Crippen LogP contribution is -2.46. The molecule has 0 saturated carbocycles. The summed E-state index contributed by atoms with van der Waals surface area (Å²) in [6.07, 6.45) is 2.22. The number of carbonyl (C=O) groups is 2. The summed E-state index contributed by atoms with van der Waals surface area (Å²) in [5.41, 5.74) is 3.35. The van der Waals surface area contributed by atoms with Gasteiger partial charge in [-0.1, -0.05) is 59.6 Å². The molecule has 1 atom stereocenters. The summed E-state index contributed by atoms with van der Waals surface area (Å²) in [6.45, 7) is 3.44. The highest BCUT2D eigenvalue weighted by atomic mass is 35.5. The van der Waals surface area contributed by atoms with Crippen molar-refractivity contribution < 1.29 is 14.3 Å². The zero-order valence-electron chi connectivity index (χ0n) is 20.2. The van der Waals surface area contributed by atoms with Crippen molar-refractivity contribution in [3.63, 3.8) is 0 Å². The Morgan fingerprint density at radius 1 is 1.00 bits per heavy atom. The van der Waals surface area contributed by atoms with Crippen molar-refractivity contribution >= 4 is 23.4 Å². The third-order valence-electron chi connectivity index (χ3n) is 6.41. The average molecular weight is 491 g/mol. The molecule has 4 rings (SSSR count). The number of rotatable bonds is 3. The van der Waals surface area contributed by atoms with Gasteiger partial charge in [-0.05, 0) is 62.1 Å². The SMILES string of the molecule is Cc1ccc(C(=O)N2CCCCN(C)C(=O)c3cc(Cl)ccc3OC[C@@H]2Cc2ccccc2)cc1. The number of nitrogens with zero attached hydrogens (tertiary/aromatic N) is 2. The Kier molecular flexibility index (Phi) is 8.09. The molecule has 5 nitrogen and oxygen atoms in total. The average Bonchev–Trinajstić information content (AvgIpc) is 2.87. The van der Waals surface area contributed by atoms with E-state index in [1.807, 2.05) is 54.3 Å². The highest BCUT2D eigenvalue weighted by molar-refractivity contribution is 6.31. The van der Waals surface area contributed by atoms with Crippen LogP contribution in [0.15, 0.2) is 72.8 Å². The van der Waals surface area contributed by atoms with Gasteiger partial charge in [0.2, 0.25) is 0 Å². The van der Waals surface area contributed by atoms with Crippen LogP contribution < -0.4 is 4.74 Å². The van der Waals surface area contributed by atoms with E-state index in [-0.39, 0.29) is 24.5 Å². The third kappa shape index (κ3) is 6.23. The van der Waals surface area contributed by atoms with Gasteiger partial charge in [0.25, 0.3) is 11.8 Å². The molecule has 1 aliphatic rings. The largest absolute Gasteiger partial charge is 0.491 e. The van der Waals surface area contributed by atoms with Crippen LogP contribution in [0.2, 0.25) is 5.02 Å². The van der Waals surface area contributed by atoms with E-state index in [2.05, 4.69) is 12.1 Å². The molecule has 3 aromatic carbocycles.